The van der Waals surface area contributed by atoms with E-state index in [9.17, 15) is 0 Å². The fraction of sp³-hybridized carbons (Fsp3) is 0.182. The second-order valence-electron chi connectivity index (χ2n) is 6.88. The standard InChI is InChI=1S/C22H19N5/c1-14-5-4-8-19(25-14)22-26-20(18-9-10-24-21(18)27-22)17-11-16(12-23-13-17)15-6-2-3-7-15/h4-6,8-13H,2-3,7H2,1H3,(H,24,26,27). The molecule has 0 aromatic carbocycles. The maximum atomic E-state index is 4.87. The number of pyridine rings is 2. The number of hydrogen-bond donors (Lipinski definition) is 1. The lowest BCUT2D eigenvalue weighted by molar-refractivity contribution is 0.935. The fourth-order valence-electron chi connectivity index (χ4n) is 3.62. The number of aryl methyl sites for hydroxylation is 1. The van der Waals surface area contributed by atoms with Crippen LogP contribution in [0.25, 0.3) is 39.4 Å². The van der Waals surface area contributed by atoms with E-state index in [1.807, 2.05) is 49.8 Å². The Morgan fingerprint density at radius 1 is 1.00 bits per heavy atom. The Hall–Kier alpha value is -3.34. The highest BCUT2D eigenvalue weighted by Crippen LogP contribution is 2.32. The Kier molecular flexibility index (Phi) is 3.78. The molecule has 0 radical (unpaired) electrons. The van der Waals surface area contributed by atoms with Gasteiger partial charge in [-0.05, 0) is 61.6 Å². The Morgan fingerprint density at radius 2 is 1.93 bits per heavy atom. The summed E-state index contributed by atoms with van der Waals surface area (Å²) in [5.41, 5.74) is 6.97. The first kappa shape index (κ1) is 15.9. The molecule has 4 aromatic rings. The predicted molar refractivity (Wildman–Crippen MR) is 107 cm³/mol. The third-order valence-corrected chi connectivity index (χ3v) is 4.96. The number of aromatic nitrogens is 5. The van der Waals surface area contributed by atoms with Crippen LogP contribution in [0.2, 0.25) is 0 Å². The van der Waals surface area contributed by atoms with Gasteiger partial charge < -0.3 is 4.98 Å². The smallest absolute Gasteiger partial charge is 0.180 e. The van der Waals surface area contributed by atoms with Crippen molar-refractivity contribution in [1.82, 2.24) is 24.9 Å². The van der Waals surface area contributed by atoms with Crippen LogP contribution in [0.1, 0.15) is 30.5 Å². The molecule has 0 atom stereocenters. The zero-order valence-electron chi connectivity index (χ0n) is 15.1. The molecule has 0 saturated heterocycles. The average Bonchev–Trinajstić information content (AvgIpc) is 3.39. The van der Waals surface area contributed by atoms with Crippen LogP contribution in [0.3, 0.4) is 0 Å². The molecular formula is C22H19N5. The van der Waals surface area contributed by atoms with Crippen LogP contribution in [0, 0.1) is 6.92 Å². The number of fused-ring (bicyclic) bond motifs is 1. The van der Waals surface area contributed by atoms with Crippen LogP contribution in [0.4, 0.5) is 0 Å². The van der Waals surface area contributed by atoms with E-state index < -0.39 is 0 Å². The highest BCUT2D eigenvalue weighted by atomic mass is 15.0. The molecule has 4 heterocycles. The van der Waals surface area contributed by atoms with Gasteiger partial charge in [-0.3, -0.25) is 4.98 Å². The maximum absolute atomic E-state index is 4.87. The van der Waals surface area contributed by atoms with E-state index in [4.69, 9.17) is 4.98 Å². The Labute approximate surface area is 157 Å². The number of nitrogens with zero attached hydrogens (tertiary/aromatic N) is 4. The summed E-state index contributed by atoms with van der Waals surface area (Å²) in [4.78, 5) is 21.8. The van der Waals surface area contributed by atoms with Crippen LogP contribution in [0.15, 0.2) is 55.0 Å². The normalized spacial score (nSPS) is 13.9. The fourth-order valence-corrected chi connectivity index (χ4v) is 3.62. The van der Waals surface area contributed by atoms with Crippen molar-refractivity contribution in [2.24, 2.45) is 0 Å². The summed E-state index contributed by atoms with van der Waals surface area (Å²) in [6, 6.07) is 10.1. The maximum Gasteiger partial charge on any atom is 0.180 e. The average molecular weight is 353 g/mol. The minimum atomic E-state index is 0.620. The zero-order valence-corrected chi connectivity index (χ0v) is 15.1. The first-order chi connectivity index (χ1) is 13.3. The lowest BCUT2D eigenvalue weighted by Gasteiger charge is -2.09. The third kappa shape index (κ3) is 2.91. The first-order valence-electron chi connectivity index (χ1n) is 9.22. The Morgan fingerprint density at radius 3 is 2.78 bits per heavy atom. The molecule has 0 unspecified atom stereocenters. The zero-order chi connectivity index (χ0) is 18.2. The number of rotatable bonds is 3. The van der Waals surface area contributed by atoms with Crippen LogP contribution >= 0.6 is 0 Å². The predicted octanol–water partition coefficient (Wildman–Crippen LogP) is 4.96. The molecule has 132 valence electrons. The van der Waals surface area contributed by atoms with Gasteiger partial charge in [0, 0.05) is 35.2 Å². The molecule has 0 aliphatic heterocycles. The van der Waals surface area contributed by atoms with Gasteiger partial charge in [0.15, 0.2) is 5.82 Å². The van der Waals surface area contributed by atoms with Gasteiger partial charge in [0.25, 0.3) is 0 Å². The number of aromatic amines is 1. The number of hydrogen-bond acceptors (Lipinski definition) is 4. The molecule has 5 rings (SSSR count). The molecule has 5 heteroatoms. The Bertz CT molecular complexity index is 1170. The monoisotopic (exact) mass is 353 g/mol. The van der Waals surface area contributed by atoms with Crippen LogP contribution < -0.4 is 0 Å². The van der Waals surface area contributed by atoms with Gasteiger partial charge in [0.05, 0.1) is 5.69 Å². The van der Waals surface area contributed by atoms with E-state index in [1.165, 1.54) is 17.6 Å². The van der Waals surface area contributed by atoms with Crippen molar-refractivity contribution in [3.63, 3.8) is 0 Å². The minimum absolute atomic E-state index is 0.620. The van der Waals surface area contributed by atoms with Gasteiger partial charge in [-0.25, -0.2) is 15.0 Å². The molecule has 27 heavy (non-hydrogen) atoms. The van der Waals surface area contributed by atoms with Gasteiger partial charge in [-0.15, -0.1) is 0 Å². The van der Waals surface area contributed by atoms with Crippen molar-refractivity contribution in [1.29, 1.82) is 0 Å². The molecule has 0 spiro atoms. The summed E-state index contributed by atoms with van der Waals surface area (Å²) in [6.45, 7) is 1.97. The van der Waals surface area contributed by atoms with Crippen molar-refractivity contribution in [3.05, 3.63) is 66.3 Å². The lowest BCUT2D eigenvalue weighted by Crippen LogP contribution is -1.97. The topological polar surface area (TPSA) is 67.3 Å². The molecule has 0 bridgehead atoms. The van der Waals surface area contributed by atoms with Gasteiger partial charge in [0.2, 0.25) is 0 Å². The third-order valence-electron chi connectivity index (χ3n) is 4.96. The largest absolute Gasteiger partial charge is 0.346 e. The van der Waals surface area contributed by atoms with Crippen molar-refractivity contribution in [2.75, 3.05) is 0 Å². The number of nitrogens with one attached hydrogen (secondary N) is 1. The van der Waals surface area contributed by atoms with Gasteiger partial charge >= 0.3 is 0 Å². The molecule has 1 aliphatic rings. The van der Waals surface area contributed by atoms with Gasteiger partial charge in [-0.2, -0.15) is 0 Å². The number of H-pyrrole nitrogens is 1. The second kappa shape index (κ2) is 6.43. The molecule has 0 saturated carbocycles. The van der Waals surface area contributed by atoms with Crippen molar-refractivity contribution in [3.8, 4) is 22.8 Å². The molecule has 4 aromatic heterocycles. The highest BCUT2D eigenvalue weighted by molar-refractivity contribution is 5.92. The van der Waals surface area contributed by atoms with E-state index in [1.54, 1.807) is 0 Å². The van der Waals surface area contributed by atoms with Crippen LogP contribution in [-0.4, -0.2) is 24.9 Å². The highest BCUT2D eigenvalue weighted by Gasteiger charge is 2.15. The van der Waals surface area contributed by atoms with Gasteiger partial charge in [-0.1, -0.05) is 12.1 Å². The summed E-state index contributed by atoms with van der Waals surface area (Å²) in [6.07, 6.45) is 11.5. The van der Waals surface area contributed by atoms with Crippen LogP contribution in [0.5, 0.6) is 0 Å². The van der Waals surface area contributed by atoms with Crippen molar-refractivity contribution >= 4 is 16.6 Å². The summed E-state index contributed by atoms with van der Waals surface area (Å²) in [7, 11) is 0. The summed E-state index contributed by atoms with van der Waals surface area (Å²) in [5.74, 6) is 0.620. The first-order valence-corrected chi connectivity index (χ1v) is 9.22. The van der Waals surface area contributed by atoms with E-state index in [0.29, 0.717) is 5.82 Å². The quantitative estimate of drug-likeness (QED) is 0.565. The molecular weight excluding hydrogens is 334 g/mol. The van der Waals surface area contributed by atoms with Crippen molar-refractivity contribution < 1.29 is 0 Å². The van der Waals surface area contributed by atoms with Gasteiger partial charge in [0.1, 0.15) is 11.3 Å². The second-order valence-corrected chi connectivity index (χ2v) is 6.88. The lowest BCUT2D eigenvalue weighted by atomic mass is 10.0. The van der Waals surface area contributed by atoms with E-state index in [-0.39, 0.29) is 0 Å². The molecule has 1 N–H and O–H groups in total. The molecule has 0 amide bonds. The SMILES string of the molecule is Cc1cccc(-c2nc(-c3cncc(C4=CCCC4)c3)c3cc[nH]c3n2)n1. The molecule has 1 aliphatic carbocycles. The summed E-state index contributed by atoms with van der Waals surface area (Å²) < 4.78 is 0. The summed E-state index contributed by atoms with van der Waals surface area (Å²) in [5, 5.41) is 0.991. The van der Waals surface area contributed by atoms with E-state index in [2.05, 4.69) is 32.1 Å². The summed E-state index contributed by atoms with van der Waals surface area (Å²) >= 11 is 0. The molecule has 5 nitrogen and oxygen atoms in total. The molecule has 0 fully saturated rings. The van der Waals surface area contributed by atoms with E-state index in [0.717, 1.165) is 46.5 Å². The Balaban J connectivity index is 1.69. The minimum Gasteiger partial charge on any atom is -0.346 e. The van der Waals surface area contributed by atoms with E-state index >= 15 is 0 Å². The van der Waals surface area contributed by atoms with Crippen LogP contribution in [-0.2, 0) is 0 Å². The van der Waals surface area contributed by atoms with Crippen molar-refractivity contribution in [2.45, 2.75) is 26.2 Å². The number of allylic oxidation sites excluding steroid dienone is 2.